The molecule has 10 N–H and O–H groups in total. The van der Waals surface area contributed by atoms with E-state index in [9.17, 15) is 39.5 Å². The van der Waals surface area contributed by atoms with Gasteiger partial charge in [-0.15, -0.1) is 0 Å². The first-order valence-corrected chi connectivity index (χ1v) is 12.9. The molecule has 0 saturated carbocycles. The standard InChI is InChI=1S/C18H24N9O12P/c19-16-22-4-27(18(33)25-16)15-10(31)11(5(1-28)37-15)39-40(34,35)36-2-6-8(29)9(30)14(38-6)26-3-21-7-12(26)23-17(20)24-13(7)32/h3-6,8-11,14-15,28-31H,1-2H2,(H,34,35)(H2,19,25,33)(H3,20,23,24,32)/t5-,6-,8?,9+,10+,11?,14-,15-/m1/s1. The molecule has 3 aromatic rings. The van der Waals surface area contributed by atoms with Gasteiger partial charge in [0.2, 0.25) is 11.9 Å². The van der Waals surface area contributed by atoms with Crippen molar-refractivity contribution in [1.29, 1.82) is 0 Å². The summed E-state index contributed by atoms with van der Waals surface area (Å²) >= 11 is 0. The van der Waals surface area contributed by atoms with Crippen LogP contribution in [0.15, 0.2) is 22.2 Å². The van der Waals surface area contributed by atoms with E-state index in [1.54, 1.807) is 0 Å². The van der Waals surface area contributed by atoms with Crippen molar-refractivity contribution in [3.8, 4) is 0 Å². The highest BCUT2D eigenvalue weighted by molar-refractivity contribution is 7.47. The molecule has 218 valence electrons. The Hall–Kier alpha value is -3.37. The Morgan fingerprint density at radius 2 is 1.68 bits per heavy atom. The van der Waals surface area contributed by atoms with Crippen molar-refractivity contribution >= 4 is 30.9 Å². The van der Waals surface area contributed by atoms with Crippen LogP contribution in [0.3, 0.4) is 0 Å². The first kappa shape index (κ1) is 28.2. The van der Waals surface area contributed by atoms with Crippen LogP contribution in [0.4, 0.5) is 11.9 Å². The minimum atomic E-state index is -5.05. The smallest absolute Gasteiger partial charge is 0.394 e. The van der Waals surface area contributed by atoms with Crippen LogP contribution in [-0.2, 0) is 23.1 Å². The summed E-state index contributed by atoms with van der Waals surface area (Å²) in [5.74, 6) is -0.576. The van der Waals surface area contributed by atoms with Crippen LogP contribution in [0.5, 0.6) is 0 Å². The van der Waals surface area contributed by atoms with Gasteiger partial charge in [-0.05, 0) is 0 Å². The lowest BCUT2D eigenvalue weighted by molar-refractivity contribution is -0.0596. The maximum Gasteiger partial charge on any atom is 0.472 e. The number of rotatable bonds is 8. The maximum atomic E-state index is 12.7. The zero-order chi connectivity index (χ0) is 28.9. The lowest BCUT2D eigenvalue weighted by Crippen LogP contribution is -2.38. The van der Waals surface area contributed by atoms with Crippen LogP contribution in [-0.4, -0.2) is 109 Å². The van der Waals surface area contributed by atoms with Crippen molar-refractivity contribution in [2.45, 2.75) is 49.1 Å². The number of phosphoric ester groups is 1. The number of anilines is 2. The number of fused-ring (bicyclic) bond motifs is 1. The van der Waals surface area contributed by atoms with E-state index < -0.39 is 81.4 Å². The molecule has 0 bridgehead atoms. The molecule has 3 unspecified atom stereocenters. The predicted molar refractivity (Wildman–Crippen MR) is 127 cm³/mol. The monoisotopic (exact) mass is 589 g/mol. The summed E-state index contributed by atoms with van der Waals surface area (Å²) in [6.07, 6.45) is -10.3. The van der Waals surface area contributed by atoms with E-state index in [-0.39, 0.29) is 23.1 Å². The van der Waals surface area contributed by atoms with Gasteiger partial charge in [0.05, 0.1) is 19.5 Å². The fraction of sp³-hybridized carbons (Fsp3) is 0.556. The number of aromatic nitrogens is 7. The average molecular weight is 589 g/mol. The lowest BCUT2D eigenvalue weighted by atomic mass is 10.1. The number of aromatic amines is 1. The highest BCUT2D eigenvalue weighted by atomic mass is 31.2. The summed E-state index contributed by atoms with van der Waals surface area (Å²) < 4.78 is 35.5. The van der Waals surface area contributed by atoms with E-state index >= 15 is 0 Å². The van der Waals surface area contributed by atoms with Gasteiger partial charge in [-0.25, -0.2) is 19.3 Å². The third-order valence-electron chi connectivity index (χ3n) is 6.23. The van der Waals surface area contributed by atoms with Crippen LogP contribution < -0.4 is 22.7 Å². The number of hydrogen-bond acceptors (Lipinski definition) is 17. The molecule has 5 heterocycles. The number of imidazole rings is 1. The summed E-state index contributed by atoms with van der Waals surface area (Å²) in [4.78, 5) is 51.5. The van der Waals surface area contributed by atoms with Gasteiger partial charge in [0.1, 0.15) is 43.0 Å². The Morgan fingerprint density at radius 3 is 2.38 bits per heavy atom. The Kier molecular flexibility index (Phi) is 7.43. The topological polar surface area (TPSA) is 319 Å². The van der Waals surface area contributed by atoms with Crippen LogP contribution in [0, 0.1) is 0 Å². The minimum Gasteiger partial charge on any atom is -0.394 e. The second kappa shape index (κ2) is 10.6. The molecule has 9 atom stereocenters. The molecule has 40 heavy (non-hydrogen) atoms. The van der Waals surface area contributed by atoms with E-state index in [1.165, 1.54) is 0 Å². The number of hydrogen-bond donors (Lipinski definition) is 8. The largest absolute Gasteiger partial charge is 0.472 e. The van der Waals surface area contributed by atoms with E-state index in [4.69, 9.17) is 30.0 Å². The van der Waals surface area contributed by atoms with Crippen molar-refractivity contribution < 1.29 is 48.4 Å². The number of phosphoric acid groups is 1. The Morgan fingerprint density at radius 1 is 1.00 bits per heavy atom. The van der Waals surface area contributed by atoms with Gasteiger partial charge < -0.3 is 46.3 Å². The van der Waals surface area contributed by atoms with Crippen molar-refractivity contribution in [3.63, 3.8) is 0 Å². The Balaban J connectivity index is 1.27. The third kappa shape index (κ3) is 5.10. The summed E-state index contributed by atoms with van der Waals surface area (Å²) in [6, 6.07) is 0. The fourth-order valence-electron chi connectivity index (χ4n) is 4.33. The number of nitrogens with two attached hydrogens (primary N) is 2. The molecular weight excluding hydrogens is 565 g/mol. The molecule has 2 fully saturated rings. The summed E-state index contributed by atoms with van der Waals surface area (Å²) in [5, 5.41) is 41.3. The van der Waals surface area contributed by atoms with Gasteiger partial charge in [0.15, 0.2) is 23.6 Å². The van der Waals surface area contributed by atoms with Crippen LogP contribution >= 0.6 is 7.82 Å². The number of aliphatic hydroxyl groups is 4. The van der Waals surface area contributed by atoms with Crippen molar-refractivity contribution in [2.75, 3.05) is 24.7 Å². The van der Waals surface area contributed by atoms with Crippen molar-refractivity contribution in [1.82, 2.24) is 34.1 Å². The highest BCUT2D eigenvalue weighted by Crippen LogP contribution is 2.49. The molecule has 0 radical (unpaired) electrons. The number of nitrogen functional groups attached to an aromatic ring is 2. The number of aliphatic hydroxyl groups excluding tert-OH is 4. The quantitative estimate of drug-likeness (QED) is 0.114. The fourth-order valence-corrected chi connectivity index (χ4v) is 5.30. The van der Waals surface area contributed by atoms with Gasteiger partial charge in [0, 0.05) is 0 Å². The molecule has 0 amide bonds. The van der Waals surface area contributed by atoms with Gasteiger partial charge >= 0.3 is 13.5 Å². The molecule has 0 aliphatic carbocycles. The second-order valence-corrected chi connectivity index (χ2v) is 10.2. The summed E-state index contributed by atoms with van der Waals surface area (Å²) in [5.41, 5.74) is 9.13. The third-order valence-corrected chi connectivity index (χ3v) is 7.21. The summed E-state index contributed by atoms with van der Waals surface area (Å²) in [7, 11) is -5.05. The molecule has 0 aromatic carbocycles. The van der Waals surface area contributed by atoms with Gasteiger partial charge in [-0.2, -0.15) is 9.97 Å². The SMILES string of the molecule is Nc1ncn([C@@H]2O[C@H](CO)C(OP(=O)(O)OC[C@H]3O[C@@H](n4cnc5c(=O)[nH]c(N)nc54)[C@@H](O)C3O)[C@@H]2O)c(=O)n1. The minimum absolute atomic E-state index is 0.0549. The molecule has 2 aliphatic heterocycles. The molecule has 0 spiro atoms. The molecule has 22 heteroatoms. The first-order chi connectivity index (χ1) is 18.9. The molecule has 3 aromatic heterocycles. The summed E-state index contributed by atoms with van der Waals surface area (Å²) in [6.45, 7) is -1.59. The van der Waals surface area contributed by atoms with E-state index in [1.807, 2.05) is 0 Å². The van der Waals surface area contributed by atoms with Crippen molar-refractivity contribution in [2.24, 2.45) is 0 Å². The van der Waals surface area contributed by atoms with Crippen LogP contribution in [0.25, 0.3) is 11.2 Å². The first-order valence-electron chi connectivity index (χ1n) is 11.4. The average Bonchev–Trinajstić information content (AvgIpc) is 3.53. The zero-order valence-electron chi connectivity index (χ0n) is 20.1. The highest BCUT2D eigenvalue weighted by Gasteiger charge is 2.50. The van der Waals surface area contributed by atoms with Gasteiger partial charge in [0.25, 0.3) is 5.56 Å². The zero-order valence-corrected chi connectivity index (χ0v) is 21.0. The predicted octanol–water partition coefficient (Wildman–Crippen LogP) is -4.69. The second-order valence-electron chi connectivity index (χ2n) is 8.80. The number of nitrogens with one attached hydrogen (secondary N) is 1. The molecular formula is C18H24N9O12P. The Labute approximate surface area is 221 Å². The maximum absolute atomic E-state index is 12.7. The van der Waals surface area contributed by atoms with E-state index in [0.717, 1.165) is 21.8 Å². The molecule has 2 aliphatic rings. The van der Waals surface area contributed by atoms with Crippen LogP contribution in [0.2, 0.25) is 0 Å². The van der Waals surface area contributed by atoms with Gasteiger partial charge in [-0.3, -0.25) is 28.0 Å². The Bertz CT molecular complexity index is 1560. The van der Waals surface area contributed by atoms with E-state index in [2.05, 4.69) is 24.9 Å². The normalized spacial score (nSPS) is 32.0. The number of nitrogens with zero attached hydrogens (tertiary/aromatic N) is 6. The van der Waals surface area contributed by atoms with Crippen molar-refractivity contribution in [3.05, 3.63) is 33.5 Å². The molecule has 2 saturated heterocycles. The van der Waals surface area contributed by atoms with Crippen LogP contribution in [0.1, 0.15) is 12.5 Å². The number of ether oxygens (including phenoxy) is 2. The van der Waals surface area contributed by atoms with Gasteiger partial charge in [-0.1, -0.05) is 0 Å². The molecule has 21 nitrogen and oxygen atoms in total. The molecule has 5 rings (SSSR count). The van der Waals surface area contributed by atoms with E-state index in [0.29, 0.717) is 0 Å². The lowest BCUT2D eigenvalue weighted by Gasteiger charge is -2.23. The number of H-pyrrole nitrogens is 1.